The summed E-state index contributed by atoms with van der Waals surface area (Å²) in [7, 11) is 1.47. The fourth-order valence-corrected chi connectivity index (χ4v) is 4.59. The van der Waals surface area contributed by atoms with Gasteiger partial charge in [0.2, 0.25) is 5.91 Å². The van der Waals surface area contributed by atoms with Crippen LogP contribution in [-0.2, 0) is 4.79 Å². The van der Waals surface area contributed by atoms with Gasteiger partial charge in [-0.25, -0.2) is 4.39 Å². The highest BCUT2D eigenvalue weighted by atomic mass is 19.1. The normalized spacial score (nSPS) is 28.7. The Balaban J connectivity index is 1.45. The molecule has 2 unspecified atom stereocenters. The molecule has 2 saturated carbocycles. The number of methoxy groups -OCH3 is 1. The summed E-state index contributed by atoms with van der Waals surface area (Å²) in [5, 5.41) is 0. The number of benzene rings is 1. The highest BCUT2D eigenvalue weighted by Gasteiger charge is 2.56. The van der Waals surface area contributed by atoms with E-state index >= 15 is 0 Å². The van der Waals surface area contributed by atoms with Crippen LogP contribution in [-0.4, -0.2) is 30.5 Å². The molecule has 1 saturated heterocycles. The third-order valence-corrected chi connectivity index (χ3v) is 6.31. The molecule has 124 valence electrons. The first-order valence-electron chi connectivity index (χ1n) is 8.67. The second-order valence-electron chi connectivity index (χ2n) is 7.67. The Hall–Kier alpha value is -1.58. The van der Waals surface area contributed by atoms with Gasteiger partial charge in [0, 0.05) is 24.4 Å². The molecule has 0 radical (unpaired) electrons. The van der Waals surface area contributed by atoms with E-state index in [1.807, 2.05) is 11.0 Å². The lowest BCUT2D eigenvalue weighted by Gasteiger charge is -2.38. The molecule has 0 N–H and O–H groups in total. The highest BCUT2D eigenvalue weighted by molar-refractivity contribution is 5.81. The number of hydrogen-bond acceptors (Lipinski definition) is 2. The van der Waals surface area contributed by atoms with E-state index in [0.717, 1.165) is 31.4 Å². The number of carbonyl (C=O) groups excluding carboxylic acids is 1. The van der Waals surface area contributed by atoms with E-state index in [9.17, 15) is 9.18 Å². The van der Waals surface area contributed by atoms with Gasteiger partial charge in [-0.05, 0) is 62.1 Å². The standard InChI is InChI=1S/C19H24FNO2/c1-12-15(13-3-4-17(23-2)16(20)9-13)5-8-21(12)18(22)14-10-19(11-14)6-7-19/h3-4,9,12,14-15H,5-8,10-11H2,1-2H3. The van der Waals surface area contributed by atoms with Gasteiger partial charge in [-0.3, -0.25) is 4.79 Å². The van der Waals surface area contributed by atoms with Gasteiger partial charge in [0.25, 0.3) is 0 Å². The highest BCUT2D eigenvalue weighted by Crippen LogP contribution is 2.63. The molecule has 1 amide bonds. The summed E-state index contributed by atoms with van der Waals surface area (Å²) in [6, 6.07) is 5.33. The van der Waals surface area contributed by atoms with Crippen molar-refractivity contribution in [1.82, 2.24) is 4.90 Å². The van der Waals surface area contributed by atoms with Crippen molar-refractivity contribution in [1.29, 1.82) is 0 Å². The first-order chi connectivity index (χ1) is 11.0. The lowest BCUT2D eigenvalue weighted by atomic mass is 9.71. The fourth-order valence-electron chi connectivity index (χ4n) is 4.59. The van der Waals surface area contributed by atoms with Gasteiger partial charge < -0.3 is 9.64 Å². The molecule has 1 aliphatic heterocycles. The number of amides is 1. The zero-order valence-corrected chi connectivity index (χ0v) is 13.8. The van der Waals surface area contributed by atoms with E-state index in [0.29, 0.717) is 11.3 Å². The Bertz CT molecular complexity index is 632. The van der Waals surface area contributed by atoms with Crippen LogP contribution in [0.2, 0.25) is 0 Å². The van der Waals surface area contributed by atoms with Crippen LogP contribution in [0.1, 0.15) is 50.5 Å². The van der Waals surface area contributed by atoms with Gasteiger partial charge in [0.05, 0.1) is 7.11 Å². The lowest BCUT2D eigenvalue weighted by molar-refractivity contribution is -0.141. The summed E-state index contributed by atoms with van der Waals surface area (Å²) in [5.41, 5.74) is 1.53. The summed E-state index contributed by atoms with van der Waals surface area (Å²) in [6.07, 6.45) is 5.74. The SMILES string of the molecule is COc1ccc(C2CCN(C(=O)C3CC4(CC4)C3)C2C)cc1F. The Morgan fingerprint density at radius 2 is 2.09 bits per heavy atom. The van der Waals surface area contributed by atoms with Crippen LogP contribution in [0, 0.1) is 17.2 Å². The maximum absolute atomic E-state index is 14.0. The molecule has 4 heteroatoms. The van der Waals surface area contributed by atoms with Crippen molar-refractivity contribution in [2.75, 3.05) is 13.7 Å². The van der Waals surface area contributed by atoms with Crippen molar-refractivity contribution in [2.45, 2.75) is 51.0 Å². The minimum absolute atomic E-state index is 0.144. The van der Waals surface area contributed by atoms with E-state index in [1.165, 1.54) is 20.0 Å². The summed E-state index contributed by atoms with van der Waals surface area (Å²) in [5.74, 6) is 0.736. The van der Waals surface area contributed by atoms with Crippen LogP contribution >= 0.6 is 0 Å². The summed E-state index contributed by atoms with van der Waals surface area (Å²) < 4.78 is 19.0. The maximum atomic E-state index is 14.0. The fraction of sp³-hybridized carbons (Fsp3) is 0.632. The van der Waals surface area contributed by atoms with E-state index in [4.69, 9.17) is 4.74 Å². The molecule has 2 atom stereocenters. The lowest BCUT2D eigenvalue weighted by Crippen LogP contribution is -2.44. The topological polar surface area (TPSA) is 29.5 Å². The van der Waals surface area contributed by atoms with Gasteiger partial charge in [0.1, 0.15) is 0 Å². The molecule has 4 rings (SSSR count). The second kappa shape index (κ2) is 5.22. The molecule has 1 spiro atoms. The van der Waals surface area contributed by atoms with Crippen molar-refractivity contribution in [3.05, 3.63) is 29.6 Å². The Morgan fingerprint density at radius 3 is 2.70 bits per heavy atom. The van der Waals surface area contributed by atoms with Crippen molar-refractivity contribution in [3.63, 3.8) is 0 Å². The Kier molecular flexibility index (Phi) is 3.40. The third-order valence-electron chi connectivity index (χ3n) is 6.31. The quantitative estimate of drug-likeness (QED) is 0.850. The Morgan fingerprint density at radius 1 is 1.35 bits per heavy atom. The molecule has 2 aliphatic carbocycles. The number of nitrogens with zero attached hydrogens (tertiary/aromatic N) is 1. The number of hydrogen-bond donors (Lipinski definition) is 0. The summed E-state index contributed by atoms with van der Waals surface area (Å²) >= 11 is 0. The van der Waals surface area contributed by atoms with Crippen molar-refractivity contribution in [3.8, 4) is 5.75 Å². The van der Waals surface area contributed by atoms with Gasteiger partial charge in [-0.2, -0.15) is 0 Å². The van der Waals surface area contributed by atoms with E-state index in [2.05, 4.69) is 6.92 Å². The molecule has 1 aromatic carbocycles. The van der Waals surface area contributed by atoms with Crippen LogP contribution in [0.5, 0.6) is 5.75 Å². The van der Waals surface area contributed by atoms with Gasteiger partial charge in [-0.15, -0.1) is 0 Å². The third kappa shape index (κ3) is 2.43. The van der Waals surface area contributed by atoms with Crippen LogP contribution in [0.3, 0.4) is 0 Å². The molecule has 23 heavy (non-hydrogen) atoms. The first kappa shape index (κ1) is 15.0. The number of carbonyl (C=O) groups is 1. The van der Waals surface area contributed by atoms with E-state index in [1.54, 1.807) is 12.1 Å². The molecular weight excluding hydrogens is 293 g/mol. The average molecular weight is 317 g/mol. The number of halogens is 1. The van der Waals surface area contributed by atoms with Gasteiger partial charge >= 0.3 is 0 Å². The Labute approximate surface area is 136 Å². The van der Waals surface area contributed by atoms with Crippen LogP contribution in [0.4, 0.5) is 4.39 Å². The maximum Gasteiger partial charge on any atom is 0.225 e. The minimum Gasteiger partial charge on any atom is -0.494 e. The van der Waals surface area contributed by atoms with Crippen molar-refractivity contribution < 1.29 is 13.9 Å². The zero-order chi connectivity index (χ0) is 16.2. The molecule has 3 aliphatic rings. The van der Waals surface area contributed by atoms with Crippen LogP contribution in [0.15, 0.2) is 18.2 Å². The number of rotatable bonds is 3. The minimum atomic E-state index is -0.323. The molecule has 3 fully saturated rings. The van der Waals surface area contributed by atoms with E-state index in [-0.39, 0.29) is 29.4 Å². The monoisotopic (exact) mass is 317 g/mol. The van der Waals surface area contributed by atoms with Gasteiger partial charge in [-0.1, -0.05) is 6.07 Å². The smallest absolute Gasteiger partial charge is 0.225 e. The predicted octanol–water partition coefficient (Wildman–Crippen LogP) is 3.73. The predicted molar refractivity (Wildman–Crippen MR) is 85.9 cm³/mol. The largest absolute Gasteiger partial charge is 0.494 e. The van der Waals surface area contributed by atoms with Gasteiger partial charge in [0.15, 0.2) is 11.6 Å². The van der Waals surface area contributed by atoms with Crippen molar-refractivity contribution in [2.24, 2.45) is 11.3 Å². The molecule has 1 heterocycles. The van der Waals surface area contributed by atoms with E-state index < -0.39 is 0 Å². The summed E-state index contributed by atoms with van der Waals surface area (Å²) in [4.78, 5) is 14.8. The zero-order valence-electron chi connectivity index (χ0n) is 13.8. The van der Waals surface area contributed by atoms with Crippen LogP contribution < -0.4 is 4.74 Å². The molecule has 0 aromatic heterocycles. The molecular formula is C19H24FNO2. The average Bonchev–Trinajstić information content (AvgIpc) is 3.22. The van der Waals surface area contributed by atoms with Crippen LogP contribution in [0.25, 0.3) is 0 Å². The molecule has 3 nitrogen and oxygen atoms in total. The molecule has 1 aromatic rings. The number of likely N-dealkylation sites (tertiary alicyclic amines) is 1. The summed E-state index contributed by atoms with van der Waals surface area (Å²) in [6.45, 7) is 2.89. The number of ether oxygens (including phenoxy) is 1. The first-order valence-corrected chi connectivity index (χ1v) is 8.67. The van der Waals surface area contributed by atoms with Crippen molar-refractivity contribution >= 4 is 5.91 Å². The molecule has 0 bridgehead atoms. The second-order valence-corrected chi connectivity index (χ2v) is 7.67.